The lowest BCUT2D eigenvalue weighted by Gasteiger charge is -2.12. The second-order valence-corrected chi connectivity index (χ2v) is 6.52. The molecule has 0 heterocycles. The van der Waals surface area contributed by atoms with Crippen LogP contribution in [0.15, 0.2) is 54.6 Å². The molecule has 0 spiro atoms. The van der Waals surface area contributed by atoms with Crippen molar-refractivity contribution in [2.75, 3.05) is 10.6 Å². The van der Waals surface area contributed by atoms with Gasteiger partial charge in [-0.25, -0.2) is 0 Å². The number of benzene rings is 2. The minimum atomic E-state index is -0.148. The van der Waals surface area contributed by atoms with Crippen molar-refractivity contribution in [2.24, 2.45) is 0 Å². The molecule has 0 aliphatic carbocycles. The van der Waals surface area contributed by atoms with Gasteiger partial charge in [-0.3, -0.25) is 9.59 Å². The third kappa shape index (κ3) is 5.79. The number of carbonyl (C=O) groups is 2. The average Bonchev–Trinajstić information content (AvgIpc) is 2.55. The molecule has 0 bridgehead atoms. The van der Waals surface area contributed by atoms with E-state index in [0.717, 1.165) is 11.4 Å². The summed E-state index contributed by atoms with van der Waals surface area (Å²) in [5.74, 6) is 0.655. The Morgan fingerprint density at radius 2 is 1.52 bits per heavy atom. The predicted molar refractivity (Wildman–Crippen MR) is 96.6 cm³/mol. The van der Waals surface area contributed by atoms with Gasteiger partial charge in [-0.15, -0.1) is 11.8 Å². The van der Waals surface area contributed by atoms with E-state index in [0.29, 0.717) is 5.69 Å². The molecular formula is C18H20N2O2S. The molecule has 0 fully saturated rings. The molecule has 120 valence electrons. The predicted octanol–water partition coefficient (Wildman–Crippen LogP) is 3.91. The maximum absolute atomic E-state index is 12.2. The molecule has 1 atom stereocenters. The molecule has 23 heavy (non-hydrogen) atoms. The fourth-order valence-electron chi connectivity index (χ4n) is 1.96. The third-order valence-electron chi connectivity index (χ3n) is 3.18. The van der Waals surface area contributed by atoms with Crippen LogP contribution in [0, 0.1) is 0 Å². The van der Waals surface area contributed by atoms with Crippen LogP contribution < -0.4 is 10.6 Å². The maximum atomic E-state index is 12.2. The van der Waals surface area contributed by atoms with Gasteiger partial charge in [-0.1, -0.05) is 30.3 Å². The summed E-state index contributed by atoms with van der Waals surface area (Å²) in [5.41, 5.74) is 2.63. The zero-order valence-electron chi connectivity index (χ0n) is 13.2. The Bertz CT molecular complexity index is 656. The van der Waals surface area contributed by atoms with Gasteiger partial charge in [-0.05, 0) is 36.8 Å². The summed E-state index contributed by atoms with van der Waals surface area (Å²) in [6.45, 7) is 3.36. The molecule has 0 aromatic heterocycles. The van der Waals surface area contributed by atoms with E-state index in [1.165, 1.54) is 12.5 Å². The van der Waals surface area contributed by atoms with Crippen LogP contribution in [0.25, 0.3) is 0 Å². The van der Waals surface area contributed by atoms with Crippen molar-refractivity contribution < 1.29 is 9.59 Å². The summed E-state index contributed by atoms with van der Waals surface area (Å²) in [7, 11) is 0. The van der Waals surface area contributed by atoms with Gasteiger partial charge in [0.25, 0.3) is 0 Å². The standard InChI is InChI=1S/C18H20N2O2S/c1-13(23-12-15-6-4-3-5-7-15)18(22)20-17-10-8-16(9-11-17)19-14(2)21/h3-11,13H,12H2,1-2H3,(H,19,21)(H,20,22). The number of amides is 2. The number of hydrogen-bond donors (Lipinski definition) is 2. The number of carbonyl (C=O) groups excluding carboxylic acids is 2. The third-order valence-corrected chi connectivity index (χ3v) is 4.40. The Labute approximate surface area is 140 Å². The van der Waals surface area contributed by atoms with E-state index < -0.39 is 0 Å². The molecular weight excluding hydrogens is 308 g/mol. The normalized spacial score (nSPS) is 11.6. The largest absolute Gasteiger partial charge is 0.326 e. The van der Waals surface area contributed by atoms with Crippen molar-refractivity contribution in [1.29, 1.82) is 0 Å². The molecule has 2 aromatic carbocycles. The molecule has 5 heteroatoms. The number of anilines is 2. The first kappa shape index (κ1) is 17.1. The van der Waals surface area contributed by atoms with Gasteiger partial charge in [0.2, 0.25) is 11.8 Å². The van der Waals surface area contributed by atoms with Crippen LogP contribution >= 0.6 is 11.8 Å². The molecule has 2 aromatic rings. The Balaban J connectivity index is 1.84. The molecule has 2 rings (SSSR count). The monoisotopic (exact) mass is 328 g/mol. The van der Waals surface area contributed by atoms with Crippen molar-refractivity contribution in [3.05, 3.63) is 60.2 Å². The molecule has 0 saturated heterocycles. The van der Waals surface area contributed by atoms with Crippen molar-refractivity contribution in [1.82, 2.24) is 0 Å². The lowest BCUT2D eigenvalue weighted by molar-refractivity contribution is -0.115. The van der Waals surface area contributed by atoms with Crippen molar-refractivity contribution in [3.8, 4) is 0 Å². The summed E-state index contributed by atoms with van der Waals surface area (Å²) in [6, 6.07) is 17.2. The Morgan fingerprint density at radius 3 is 2.09 bits per heavy atom. The second-order valence-electron chi connectivity index (χ2n) is 5.19. The number of rotatable bonds is 6. The smallest absolute Gasteiger partial charge is 0.237 e. The first-order valence-corrected chi connectivity index (χ1v) is 8.43. The van der Waals surface area contributed by atoms with Gasteiger partial charge < -0.3 is 10.6 Å². The van der Waals surface area contributed by atoms with E-state index in [2.05, 4.69) is 22.8 Å². The molecule has 2 N–H and O–H groups in total. The van der Waals surface area contributed by atoms with E-state index >= 15 is 0 Å². The highest BCUT2D eigenvalue weighted by molar-refractivity contribution is 7.99. The molecule has 0 radical (unpaired) electrons. The van der Waals surface area contributed by atoms with Crippen LogP contribution in [-0.4, -0.2) is 17.1 Å². The van der Waals surface area contributed by atoms with Crippen molar-refractivity contribution >= 4 is 35.0 Å². The van der Waals surface area contributed by atoms with Crippen LogP contribution in [-0.2, 0) is 15.3 Å². The van der Waals surface area contributed by atoms with Crippen LogP contribution in [0.3, 0.4) is 0 Å². The fourth-order valence-corrected chi connectivity index (χ4v) is 2.80. The summed E-state index contributed by atoms with van der Waals surface area (Å²) in [4.78, 5) is 23.2. The van der Waals surface area contributed by atoms with E-state index in [1.807, 2.05) is 25.1 Å². The van der Waals surface area contributed by atoms with Gasteiger partial charge in [0.15, 0.2) is 0 Å². The van der Waals surface area contributed by atoms with E-state index in [4.69, 9.17) is 0 Å². The van der Waals surface area contributed by atoms with Crippen molar-refractivity contribution in [2.45, 2.75) is 24.9 Å². The Kier molecular flexibility index (Phi) is 6.23. The van der Waals surface area contributed by atoms with Gasteiger partial charge in [0.05, 0.1) is 5.25 Å². The highest BCUT2D eigenvalue weighted by Gasteiger charge is 2.13. The zero-order valence-corrected chi connectivity index (χ0v) is 14.0. The second kappa shape index (κ2) is 8.39. The number of nitrogens with one attached hydrogen (secondary N) is 2. The van der Waals surface area contributed by atoms with Gasteiger partial charge >= 0.3 is 0 Å². The minimum absolute atomic E-state index is 0.0294. The van der Waals surface area contributed by atoms with Gasteiger partial charge in [-0.2, -0.15) is 0 Å². The Morgan fingerprint density at radius 1 is 0.957 bits per heavy atom. The van der Waals surface area contributed by atoms with Crippen LogP contribution in [0.2, 0.25) is 0 Å². The van der Waals surface area contributed by atoms with Crippen LogP contribution in [0.1, 0.15) is 19.4 Å². The molecule has 1 unspecified atom stereocenters. The summed E-state index contributed by atoms with van der Waals surface area (Å²) < 4.78 is 0. The van der Waals surface area contributed by atoms with Crippen molar-refractivity contribution in [3.63, 3.8) is 0 Å². The average molecular weight is 328 g/mol. The molecule has 0 aliphatic rings. The summed E-state index contributed by atoms with van der Waals surface area (Å²) in [5, 5.41) is 5.43. The quantitative estimate of drug-likeness (QED) is 0.845. The lowest BCUT2D eigenvalue weighted by Crippen LogP contribution is -2.22. The molecule has 2 amide bonds. The van der Waals surface area contributed by atoms with Crippen LogP contribution in [0.4, 0.5) is 11.4 Å². The SMILES string of the molecule is CC(=O)Nc1ccc(NC(=O)C(C)SCc2ccccc2)cc1. The van der Waals surface area contributed by atoms with E-state index in [-0.39, 0.29) is 17.1 Å². The number of thioether (sulfide) groups is 1. The van der Waals surface area contributed by atoms with Gasteiger partial charge in [0.1, 0.15) is 0 Å². The zero-order chi connectivity index (χ0) is 16.7. The van der Waals surface area contributed by atoms with Gasteiger partial charge in [0, 0.05) is 24.1 Å². The van der Waals surface area contributed by atoms with E-state index in [9.17, 15) is 9.59 Å². The highest BCUT2D eigenvalue weighted by atomic mass is 32.2. The van der Waals surface area contributed by atoms with E-state index in [1.54, 1.807) is 36.0 Å². The highest BCUT2D eigenvalue weighted by Crippen LogP contribution is 2.20. The first-order chi connectivity index (χ1) is 11.0. The maximum Gasteiger partial charge on any atom is 0.237 e. The minimum Gasteiger partial charge on any atom is -0.326 e. The molecule has 0 aliphatic heterocycles. The summed E-state index contributed by atoms with van der Waals surface area (Å²) in [6.07, 6.45) is 0. The first-order valence-electron chi connectivity index (χ1n) is 7.38. The lowest BCUT2D eigenvalue weighted by atomic mass is 10.2. The fraction of sp³-hybridized carbons (Fsp3) is 0.222. The molecule has 0 saturated carbocycles. The topological polar surface area (TPSA) is 58.2 Å². The summed E-state index contributed by atoms with van der Waals surface area (Å²) >= 11 is 1.60. The number of hydrogen-bond acceptors (Lipinski definition) is 3. The molecule has 4 nitrogen and oxygen atoms in total. The Hall–Kier alpha value is -2.27. The van der Waals surface area contributed by atoms with Crippen LogP contribution in [0.5, 0.6) is 0 Å².